The smallest absolute Gasteiger partial charge is 0.275 e. The number of anilines is 2. The number of carbonyl (C=O) groups excluding carboxylic acids is 1. The molecule has 0 aliphatic carbocycles. The van der Waals surface area contributed by atoms with Crippen molar-refractivity contribution < 1.29 is 4.79 Å². The zero-order chi connectivity index (χ0) is 13.8. The highest BCUT2D eigenvalue weighted by Gasteiger charge is 2.13. The number of nitrogens with two attached hydrogens (primary N) is 1. The van der Waals surface area contributed by atoms with E-state index in [1.54, 1.807) is 12.1 Å². The van der Waals surface area contributed by atoms with E-state index in [9.17, 15) is 4.79 Å². The lowest BCUT2D eigenvalue weighted by Gasteiger charge is -2.07. The first-order chi connectivity index (χ1) is 9.10. The molecule has 0 bridgehead atoms. The number of amides is 1. The van der Waals surface area contributed by atoms with Gasteiger partial charge < -0.3 is 11.1 Å². The second-order valence-corrected chi connectivity index (χ2v) is 4.48. The number of hydrogen-bond acceptors (Lipinski definition) is 3. The van der Waals surface area contributed by atoms with Gasteiger partial charge in [-0.1, -0.05) is 30.7 Å². The molecule has 5 heteroatoms. The molecule has 19 heavy (non-hydrogen) atoms. The average molecular weight is 276 g/mol. The van der Waals surface area contributed by atoms with Crippen molar-refractivity contribution in [1.82, 2.24) is 4.98 Å². The van der Waals surface area contributed by atoms with Crippen LogP contribution in [0.2, 0.25) is 5.02 Å². The SMILES string of the molecule is CCc1cccc(NC(=O)c2nc(N)ccc2Cl)c1. The van der Waals surface area contributed by atoms with Crippen molar-refractivity contribution in [2.45, 2.75) is 13.3 Å². The van der Waals surface area contributed by atoms with E-state index in [1.165, 1.54) is 0 Å². The third-order valence-corrected chi connectivity index (χ3v) is 2.98. The Kier molecular flexibility index (Phi) is 4.02. The second kappa shape index (κ2) is 5.71. The Hall–Kier alpha value is -2.07. The third kappa shape index (κ3) is 3.23. The van der Waals surface area contributed by atoms with Gasteiger partial charge in [0.1, 0.15) is 11.5 Å². The number of pyridine rings is 1. The molecule has 1 heterocycles. The molecule has 1 amide bonds. The van der Waals surface area contributed by atoms with Gasteiger partial charge in [-0.05, 0) is 36.2 Å². The number of nitrogens with one attached hydrogen (secondary N) is 1. The minimum Gasteiger partial charge on any atom is -0.384 e. The maximum Gasteiger partial charge on any atom is 0.275 e. The highest BCUT2D eigenvalue weighted by molar-refractivity contribution is 6.34. The van der Waals surface area contributed by atoms with Crippen molar-refractivity contribution >= 4 is 29.0 Å². The molecule has 1 aromatic carbocycles. The van der Waals surface area contributed by atoms with Crippen LogP contribution in [0.1, 0.15) is 23.0 Å². The molecular weight excluding hydrogens is 262 g/mol. The maximum absolute atomic E-state index is 12.1. The van der Waals surface area contributed by atoms with Gasteiger partial charge in [-0.25, -0.2) is 4.98 Å². The number of hydrogen-bond donors (Lipinski definition) is 2. The van der Waals surface area contributed by atoms with Gasteiger partial charge in [-0.3, -0.25) is 4.79 Å². The standard InChI is InChI=1S/C14H14ClN3O/c1-2-9-4-3-5-10(8-9)17-14(19)13-11(15)6-7-12(16)18-13/h3-8H,2H2,1H3,(H2,16,18)(H,17,19). The molecule has 3 N–H and O–H groups in total. The minimum absolute atomic E-state index is 0.128. The molecule has 0 spiro atoms. The lowest BCUT2D eigenvalue weighted by Crippen LogP contribution is -2.15. The molecule has 0 atom stereocenters. The van der Waals surface area contributed by atoms with Crippen LogP contribution in [0.15, 0.2) is 36.4 Å². The summed E-state index contributed by atoms with van der Waals surface area (Å²) in [4.78, 5) is 16.0. The maximum atomic E-state index is 12.1. The second-order valence-electron chi connectivity index (χ2n) is 4.07. The molecule has 0 saturated heterocycles. The summed E-state index contributed by atoms with van der Waals surface area (Å²) in [7, 11) is 0. The number of nitrogen functional groups attached to an aromatic ring is 1. The molecule has 2 rings (SSSR count). The first-order valence-corrected chi connectivity index (χ1v) is 6.30. The lowest BCUT2D eigenvalue weighted by atomic mass is 10.1. The molecule has 2 aromatic rings. The van der Waals surface area contributed by atoms with E-state index in [4.69, 9.17) is 17.3 Å². The summed E-state index contributed by atoms with van der Waals surface area (Å²) in [6.07, 6.45) is 0.904. The molecular formula is C14H14ClN3O. The first kappa shape index (κ1) is 13.4. The van der Waals surface area contributed by atoms with Crippen LogP contribution in [0.25, 0.3) is 0 Å². The van der Waals surface area contributed by atoms with Crippen LogP contribution in [-0.2, 0) is 6.42 Å². The number of halogens is 1. The number of aryl methyl sites for hydroxylation is 1. The monoisotopic (exact) mass is 275 g/mol. The van der Waals surface area contributed by atoms with Gasteiger partial charge >= 0.3 is 0 Å². The van der Waals surface area contributed by atoms with Gasteiger partial charge in [0.2, 0.25) is 0 Å². The summed E-state index contributed by atoms with van der Waals surface area (Å²) in [5.74, 6) is -0.109. The largest absolute Gasteiger partial charge is 0.384 e. The molecule has 0 aliphatic rings. The van der Waals surface area contributed by atoms with E-state index in [1.807, 2.05) is 24.3 Å². The van der Waals surface area contributed by atoms with Gasteiger partial charge in [0.15, 0.2) is 0 Å². The van der Waals surface area contributed by atoms with Gasteiger partial charge in [-0.2, -0.15) is 0 Å². The van der Waals surface area contributed by atoms with E-state index in [0.717, 1.165) is 12.0 Å². The van der Waals surface area contributed by atoms with Crippen LogP contribution in [0.3, 0.4) is 0 Å². The van der Waals surface area contributed by atoms with Crippen LogP contribution in [0, 0.1) is 0 Å². The molecule has 0 unspecified atom stereocenters. The Balaban J connectivity index is 2.23. The summed E-state index contributed by atoms with van der Waals surface area (Å²) in [5, 5.41) is 3.04. The zero-order valence-corrected chi connectivity index (χ0v) is 11.2. The molecule has 4 nitrogen and oxygen atoms in total. The Labute approximate surface area is 116 Å². The van der Waals surface area contributed by atoms with Gasteiger partial charge in [-0.15, -0.1) is 0 Å². The molecule has 0 aliphatic heterocycles. The van der Waals surface area contributed by atoms with Crippen molar-refractivity contribution in [2.75, 3.05) is 11.1 Å². The van der Waals surface area contributed by atoms with Crippen LogP contribution < -0.4 is 11.1 Å². The van der Waals surface area contributed by atoms with E-state index in [2.05, 4.69) is 17.2 Å². The van der Waals surface area contributed by atoms with E-state index in [-0.39, 0.29) is 22.4 Å². The fraction of sp³-hybridized carbons (Fsp3) is 0.143. The Bertz CT molecular complexity index is 613. The number of carbonyl (C=O) groups is 1. The Morgan fingerprint density at radius 1 is 1.37 bits per heavy atom. The van der Waals surface area contributed by atoms with Crippen molar-refractivity contribution in [1.29, 1.82) is 0 Å². The molecule has 0 radical (unpaired) electrons. The van der Waals surface area contributed by atoms with Crippen LogP contribution in [-0.4, -0.2) is 10.9 Å². The quantitative estimate of drug-likeness (QED) is 0.904. The summed E-state index contributed by atoms with van der Waals surface area (Å²) >= 11 is 5.94. The highest BCUT2D eigenvalue weighted by Crippen LogP contribution is 2.18. The molecule has 1 aromatic heterocycles. The average Bonchev–Trinajstić information content (AvgIpc) is 2.41. The predicted octanol–water partition coefficient (Wildman–Crippen LogP) is 3.13. The fourth-order valence-corrected chi connectivity index (χ4v) is 1.87. The number of aromatic nitrogens is 1. The summed E-state index contributed by atoms with van der Waals surface area (Å²) < 4.78 is 0. The summed E-state index contributed by atoms with van der Waals surface area (Å²) in [5.41, 5.74) is 7.54. The van der Waals surface area contributed by atoms with Crippen molar-refractivity contribution in [3.05, 3.63) is 52.7 Å². The molecule has 0 fully saturated rings. The third-order valence-electron chi connectivity index (χ3n) is 2.68. The summed E-state index contributed by atoms with van der Waals surface area (Å²) in [6.45, 7) is 2.05. The van der Waals surface area contributed by atoms with Gasteiger partial charge in [0.05, 0.1) is 5.02 Å². The van der Waals surface area contributed by atoms with Crippen LogP contribution >= 0.6 is 11.6 Å². The highest BCUT2D eigenvalue weighted by atomic mass is 35.5. The normalized spacial score (nSPS) is 10.2. The number of rotatable bonds is 3. The van der Waals surface area contributed by atoms with Crippen molar-refractivity contribution in [2.24, 2.45) is 0 Å². The minimum atomic E-state index is -0.370. The zero-order valence-electron chi connectivity index (χ0n) is 10.5. The fourth-order valence-electron chi connectivity index (χ4n) is 1.68. The van der Waals surface area contributed by atoms with Gasteiger partial charge in [0.25, 0.3) is 5.91 Å². The van der Waals surface area contributed by atoms with E-state index in [0.29, 0.717) is 5.69 Å². The van der Waals surface area contributed by atoms with Gasteiger partial charge in [0, 0.05) is 5.69 Å². The molecule has 0 saturated carbocycles. The van der Waals surface area contributed by atoms with Crippen molar-refractivity contribution in [3.63, 3.8) is 0 Å². The number of nitrogens with zero attached hydrogens (tertiary/aromatic N) is 1. The van der Waals surface area contributed by atoms with Crippen LogP contribution in [0.4, 0.5) is 11.5 Å². The van der Waals surface area contributed by atoms with Crippen LogP contribution in [0.5, 0.6) is 0 Å². The topological polar surface area (TPSA) is 68.0 Å². The Morgan fingerprint density at radius 2 is 2.16 bits per heavy atom. The van der Waals surface area contributed by atoms with E-state index < -0.39 is 0 Å². The Morgan fingerprint density at radius 3 is 2.89 bits per heavy atom. The first-order valence-electron chi connectivity index (χ1n) is 5.92. The summed E-state index contributed by atoms with van der Waals surface area (Å²) in [6, 6.07) is 10.7. The number of benzene rings is 1. The molecule has 98 valence electrons. The predicted molar refractivity (Wildman–Crippen MR) is 77.4 cm³/mol. The lowest BCUT2D eigenvalue weighted by molar-refractivity contribution is 0.102. The van der Waals surface area contributed by atoms with E-state index >= 15 is 0 Å². The van der Waals surface area contributed by atoms with Crippen molar-refractivity contribution in [3.8, 4) is 0 Å².